The average Bonchev–Trinajstić information content (AvgIpc) is 3.23. The Balaban J connectivity index is 1.84. The number of aromatic nitrogens is 1. The average molecular weight is 441 g/mol. The van der Waals surface area contributed by atoms with Gasteiger partial charge in [-0.15, -0.1) is 0 Å². The standard InChI is InChI=1S/C22H24FN5O4/c1-2-32-20(29)9-11-27(14-15-4-3-10-25-13-15)22(31)18-12-19(21(24)30)28(26-18)17-7-5-16(23)6-8-17/h3-8,10,13,19H,2,9,11-12,14H2,1H3,(H2,24,30). The van der Waals surface area contributed by atoms with Gasteiger partial charge in [0.05, 0.1) is 18.7 Å². The first kappa shape index (κ1) is 22.9. The fraction of sp³-hybridized carbons (Fsp3) is 0.318. The highest BCUT2D eigenvalue weighted by Crippen LogP contribution is 2.25. The number of hydrazone groups is 1. The molecule has 0 radical (unpaired) electrons. The first-order valence-electron chi connectivity index (χ1n) is 10.1. The predicted octanol–water partition coefficient (Wildman–Crippen LogP) is 1.62. The minimum absolute atomic E-state index is 0.00547. The zero-order chi connectivity index (χ0) is 23.1. The molecular weight excluding hydrogens is 417 g/mol. The van der Waals surface area contributed by atoms with Crippen molar-refractivity contribution in [1.82, 2.24) is 9.88 Å². The highest BCUT2D eigenvalue weighted by molar-refractivity contribution is 6.40. The molecule has 10 heteroatoms. The number of amides is 2. The van der Waals surface area contributed by atoms with Gasteiger partial charge >= 0.3 is 5.97 Å². The van der Waals surface area contributed by atoms with Gasteiger partial charge in [-0.3, -0.25) is 24.4 Å². The van der Waals surface area contributed by atoms with Crippen molar-refractivity contribution >= 4 is 29.2 Å². The van der Waals surface area contributed by atoms with Gasteiger partial charge in [-0.25, -0.2) is 4.39 Å². The van der Waals surface area contributed by atoms with Gasteiger partial charge in [0.15, 0.2) is 0 Å². The molecule has 0 saturated heterocycles. The van der Waals surface area contributed by atoms with Crippen LogP contribution in [0, 0.1) is 5.82 Å². The van der Waals surface area contributed by atoms with Crippen LogP contribution in [-0.4, -0.2) is 52.6 Å². The number of carbonyl (C=O) groups excluding carboxylic acids is 3. The van der Waals surface area contributed by atoms with Crippen LogP contribution in [0.3, 0.4) is 0 Å². The number of halogens is 1. The lowest BCUT2D eigenvalue weighted by Gasteiger charge is -2.22. The summed E-state index contributed by atoms with van der Waals surface area (Å²) in [6, 6.07) is 8.05. The third kappa shape index (κ3) is 5.65. The Morgan fingerprint density at radius 3 is 2.62 bits per heavy atom. The van der Waals surface area contributed by atoms with E-state index in [4.69, 9.17) is 10.5 Å². The number of ether oxygens (including phenoxy) is 1. The molecule has 168 valence electrons. The minimum Gasteiger partial charge on any atom is -0.466 e. The molecule has 2 heterocycles. The Morgan fingerprint density at radius 2 is 2.00 bits per heavy atom. The maximum atomic E-state index is 13.3. The summed E-state index contributed by atoms with van der Waals surface area (Å²) in [5.41, 5.74) is 6.85. The maximum absolute atomic E-state index is 13.3. The zero-order valence-corrected chi connectivity index (χ0v) is 17.6. The molecular formula is C22H24FN5O4. The summed E-state index contributed by atoms with van der Waals surface area (Å²) in [4.78, 5) is 42.7. The highest BCUT2D eigenvalue weighted by Gasteiger charge is 2.36. The third-order valence-electron chi connectivity index (χ3n) is 4.85. The Kier molecular flexibility index (Phi) is 7.48. The number of esters is 1. The first-order chi connectivity index (χ1) is 15.4. The number of benzene rings is 1. The molecule has 2 amide bonds. The quantitative estimate of drug-likeness (QED) is 0.591. The molecule has 1 unspecified atom stereocenters. The Hall–Kier alpha value is -3.82. The summed E-state index contributed by atoms with van der Waals surface area (Å²) >= 11 is 0. The lowest BCUT2D eigenvalue weighted by molar-refractivity contribution is -0.143. The van der Waals surface area contributed by atoms with E-state index in [0.717, 1.165) is 5.56 Å². The molecule has 9 nitrogen and oxygen atoms in total. The van der Waals surface area contributed by atoms with Crippen molar-refractivity contribution in [1.29, 1.82) is 0 Å². The maximum Gasteiger partial charge on any atom is 0.307 e. The second-order valence-electron chi connectivity index (χ2n) is 7.13. The molecule has 3 rings (SSSR count). The van der Waals surface area contributed by atoms with Gasteiger partial charge in [0.25, 0.3) is 5.91 Å². The predicted molar refractivity (Wildman–Crippen MR) is 115 cm³/mol. The summed E-state index contributed by atoms with van der Waals surface area (Å²) < 4.78 is 18.3. The van der Waals surface area contributed by atoms with Crippen LogP contribution >= 0.6 is 0 Å². The van der Waals surface area contributed by atoms with Crippen LogP contribution in [0.25, 0.3) is 0 Å². The van der Waals surface area contributed by atoms with Gasteiger partial charge < -0.3 is 15.4 Å². The number of pyridine rings is 1. The molecule has 1 aromatic heterocycles. The van der Waals surface area contributed by atoms with Gasteiger partial charge in [-0.1, -0.05) is 6.07 Å². The lowest BCUT2D eigenvalue weighted by Crippen LogP contribution is -2.40. The Bertz CT molecular complexity index is 997. The van der Waals surface area contributed by atoms with Crippen molar-refractivity contribution in [3.63, 3.8) is 0 Å². The molecule has 1 aromatic carbocycles. The highest BCUT2D eigenvalue weighted by atomic mass is 19.1. The monoisotopic (exact) mass is 441 g/mol. The van der Waals surface area contributed by atoms with Gasteiger partial charge in [0, 0.05) is 31.9 Å². The van der Waals surface area contributed by atoms with Crippen LogP contribution < -0.4 is 10.7 Å². The number of hydrogen-bond acceptors (Lipinski definition) is 7. The van der Waals surface area contributed by atoms with Gasteiger partial charge in [-0.05, 0) is 42.8 Å². The van der Waals surface area contributed by atoms with Crippen LogP contribution in [0.4, 0.5) is 10.1 Å². The van der Waals surface area contributed by atoms with Gasteiger partial charge in [0.2, 0.25) is 5.91 Å². The van der Waals surface area contributed by atoms with E-state index in [1.807, 2.05) is 6.07 Å². The Morgan fingerprint density at radius 1 is 1.25 bits per heavy atom. The van der Waals surface area contributed by atoms with Crippen LogP contribution in [0.1, 0.15) is 25.3 Å². The third-order valence-corrected chi connectivity index (χ3v) is 4.85. The van der Waals surface area contributed by atoms with E-state index in [1.165, 1.54) is 34.2 Å². The van der Waals surface area contributed by atoms with Crippen LogP contribution in [0.15, 0.2) is 53.9 Å². The molecule has 0 spiro atoms. The fourth-order valence-corrected chi connectivity index (χ4v) is 3.30. The topological polar surface area (TPSA) is 118 Å². The summed E-state index contributed by atoms with van der Waals surface area (Å²) in [5.74, 6) is -1.96. The summed E-state index contributed by atoms with van der Waals surface area (Å²) in [6.07, 6.45) is 3.24. The minimum atomic E-state index is -0.885. The lowest BCUT2D eigenvalue weighted by atomic mass is 10.1. The second-order valence-corrected chi connectivity index (χ2v) is 7.13. The van der Waals surface area contributed by atoms with Crippen molar-refractivity contribution in [2.75, 3.05) is 18.2 Å². The largest absolute Gasteiger partial charge is 0.466 e. The van der Waals surface area contributed by atoms with E-state index in [2.05, 4.69) is 10.1 Å². The van der Waals surface area contributed by atoms with Crippen LogP contribution in [-0.2, 0) is 25.7 Å². The fourth-order valence-electron chi connectivity index (χ4n) is 3.30. The van der Waals surface area contributed by atoms with E-state index < -0.39 is 29.6 Å². The normalized spacial score (nSPS) is 15.2. The number of rotatable bonds is 9. The van der Waals surface area contributed by atoms with Crippen molar-refractivity contribution in [2.45, 2.75) is 32.4 Å². The Labute approximate surface area is 184 Å². The number of nitrogens with two attached hydrogens (primary N) is 1. The van der Waals surface area contributed by atoms with E-state index in [9.17, 15) is 18.8 Å². The molecule has 2 aromatic rings. The van der Waals surface area contributed by atoms with Crippen molar-refractivity contribution in [3.05, 3.63) is 60.2 Å². The molecule has 0 bridgehead atoms. The number of carbonyl (C=O) groups is 3. The summed E-state index contributed by atoms with van der Waals surface area (Å²) in [6.45, 7) is 2.25. The molecule has 1 aliphatic rings. The molecule has 0 fully saturated rings. The SMILES string of the molecule is CCOC(=O)CCN(Cc1cccnc1)C(=O)C1=NN(c2ccc(F)cc2)C(C(N)=O)C1. The second kappa shape index (κ2) is 10.5. The smallest absolute Gasteiger partial charge is 0.307 e. The van der Waals surface area contributed by atoms with Gasteiger partial charge in [-0.2, -0.15) is 5.10 Å². The van der Waals surface area contributed by atoms with Crippen LogP contribution in [0.2, 0.25) is 0 Å². The number of hydrogen-bond donors (Lipinski definition) is 1. The first-order valence-corrected chi connectivity index (χ1v) is 10.1. The zero-order valence-electron chi connectivity index (χ0n) is 17.6. The molecule has 32 heavy (non-hydrogen) atoms. The van der Waals surface area contributed by atoms with E-state index in [-0.39, 0.29) is 38.2 Å². The van der Waals surface area contributed by atoms with Crippen molar-refractivity contribution < 1.29 is 23.5 Å². The van der Waals surface area contributed by atoms with Gasteiger partial charge in [0.1, 0.15) is 17.6 Å². The van der Waals surface area contributed by atoms with E-state index in [1.54, 1.807) is 25.4 Å². The molecule has 0 saturated carbocycles. The summed E-state index contributed by atoms with van der Waals surface area (Å²) in [7, 11) is 0. The number of primary amides is 1. The van der Waals surface area contributed by atoms with Crippen LogP contribution in [0.5, 0.6) is 0 Å². The number of anilines is 1. The molecule has 2 N–H and O–H groups in total. The summed E-state index contributed by atoms with van der Waals surface area (Å²) in [5, 5.41) is 5.64. The van der Waals surface area contributed by atoms with Crippen molar-refractivity contribution in [3.8, 4) is 0 Å². The molecule has 1 atom stereocenters. The molecule has 1 aliphatic heterocycles. The van der Waals surface area contributed by atoms with E-state index >= 15 is 0 Å². The number of nitrogens with zero attached hydrogens (tertiary/aromatic N) is 4. The molecule has 0 aliphatic carbocycles. The van der Waals surface area contributed by atoms with Crippen molar-refractivity contribution in [2.24, 2.45) is 10.8 Å². The van der Waals surface area contributed by atoms with E-state index in [0.29, 0.717) is 5.69 Å².